The third kappa shape index (κ3) is 2.53. The van der Waals surface area contributed by atoms with Gasteiger partial charge in [-0.2, -0.15) is 5.10 Å². The fourth-order valence-electron chi connectivity index (χ4n) is 3.27. The van der Waals surface area contributed by atoms with Crippen molar-refractivity contribution in [1.82, 2.24) is 14.7 Å². The van der Waals surface area contributed by atoms with E-state index in [0.29, 0.717) is 5.92 Å². The molecular formula is C16H21N3O2. The van der Waals surface area contributed by atoms with Gasteiger partial charge >= 0.3 is 5.97 Å². The average Bonchev–Trinajstić information content (AvgIpc) is 3.00. The summed E-state index contributed by atoms with van der Waals surface area (Å²) in [4.78, 5) is 14.1. The molecule has 5 heteroatoms. The molecule has 3 rings (SSSR count). The molecule has 0 aliphatic carbocycles. The molecule has 21 heavy (non-hydrogen) atoms. The van der Waals surface area contributed by atoms with Crippen LogP contribution in [-0.4, -0.2) is 40.8 Å². The van der Waals surface area contributed by atoms with Crippen LogP contribution < -0.4 is 0 Å². The molecule has 0 spiro atoms. The van der Waals surface area contributed by atoms with Crippen LogP contribution in [0, 0.1) is 11.8 Å². The fraction of sp³-hybridized carbons (Fsp3) is 0.500. The summed E-state index contributed by atoms with van der Waals surface area (Å²) in [6.07, 6.45) is 0. The zero-order valence-corrected chi connectivity index (χ0v) is 12.7. The van der Waals surface area contributed by atoms with Crippen LogP contribution in [0.4, 0.5) is 0 Å². The maximum absolute atomic E-state index is 11.8. The Balaban J connectivity index is 1.79. The highest BCUT2D eigenvalue weighted by atomic mass is 16.5. The highest BCUT2D eigenvalue weighted by molar-refractivity contribution is 5.81. The minimum Gasteiger partial charge on any atom is -0.469 e. The minimum atomic E-state index is -0.101. The summed E-state index contributed by atoms with van der Waals surface area (Å²) < 4.78 is 6.81. The molecule has 0 radical (unpaired) electrons. The van der Waals surface area contributed by atoms with Gasteiger partial charge in [-0.3, -0.25) is 14.4 Å². The molecule has 2 aromatic rings. The number of carbonyl (C=O) groups is 1. The van der Waals surface area contributed by atoms with E-state index in [4.69, 9.17) is 4.74 Å². The number of para-hydroxylation sites is 1. The van der Waals surface area contributed by atoms with E-state index < -0.39 is 0 Å². The maximum atomic E-state index is 11.8. The molecule has 2 atom stereocenters. The number of aryl methyl sites for hydroxylation is 1. The number of ether oxygens (including phenoxy) is 1. The summed E-state index contributed by atoms with van der Waals surface area (Å²) in [6.45, 7) is 4.54. The quantitative estimate of drug-likeness (QED) is 0.808. The molecule has 2 unspecified atom stereocenters. The lowest BCUT2D eigenvalue weighted by atomic mass is 9.99. The fourth-order valence-corrected chi connectivity index (χ4v) is 3.27. The Morgan fingerprint density at radius 1 is 1.38 bits per heavy atom. The van der Waals surface area contributed by atoms with E-state index in [0.717, 1.165) is 30.8 Å². The molecule has 1 aliphatic rings. The number of fused-ring (bicyclic) bond motifs is 1. The number of nitrogens with zero attached hydrogens (tertiary/aromatic N) is 3. The van der Waals surface area contributed by atoms with Gasteiger partial charge in [0.05, 0.1) is 24.2 Å². The Morgan fingerprint density at radius 2 is 2.14 bits per heavy atom. The SMILES string of the molecule is COC(=O)C1CN(Cc2nn(C)c3ccccc23)CC1C. The van der Waals surface area contributed by atoms with Crippen LogP contribution >= 0.6 is 0 Å². The van der Waals surface area contributed by atoms with Gasteiger partial charge in [-0.05, 0) is 12.0 Å². The number of hydrogen-bond acceptors (Lipinski definition) is 4. The largest absolute Gasteiger partial charge is 0.469 e. The Hall–Kier alpha value is -1.88. The number of benzene rings is 1. The first kappa shape index (κ1) is 14.1. The third-order valence-corrected chi connectivity index (χ3v) is 4.40. The number of rotatable bonds is 3. The van der Waals surface area contributed by atoms with Gasteiger partial charge in [0.15, 0.2) is 0 Å². The molecule has 0 N–H and O–H groups in total. The standard InChI is InChI=1S/C16H21N3O2/c1-11-8-19(9-13(11)16(20)21-3)10-14-12-6-4-5-7-15(12)18(2)17-14/h4-7,11,13H,8-10H2,1-3H3. The van der Waals surface area contributed by atoms with Gasteiger partial charge in [0.25, 0.3) is 0 Å². The van der Waals surface area contributed by atoms with Crippen LogP contribution in [0.25, 0.3) is 10.9 Å². The maximum Gasteiger partial charge on any atom is 0.310 e. The first-order chi connectivity index (χ1) is 10.1. The molecule has 2 heterocycles. The molecule has 112 valence electrons. The van der Waals surface area contributed by atoms with Crippen LogP contribution in [0.3, 0.4) is 0 Å². The van der Waals surface area contributed by atoms with Crippen molar-refractivity contribution >= 4 is 16.9 Å². The van der Waals surface area contributed by atoms with Crippen molar-refractivity contribution in [2.24, 2.45) is 18.9 Å². The second-order valence-corrected chi connectivity index (χ2v) is 5.89. The van der Waals surface area contributed by atoms with Gasteiger partial charge in [-0.25, -0.2) is 0 Å². The van der Waals surface area contributed by atoms with E-state index >= 15 is 0 Å². The lowest BCUT2D eigenvalue weighted by Gasteiger charge is -2.13. The van der Waals surface area contributed by atoms with Gasteiger partial charge in [0.1, 0.15) is 0 Å². The van der Waals surface area contributed by atoms with Gasteiger partial charge in [0.2, 0.25) is 0 Å². The number of methoxy groups -OCH3 is 1. The second kappa shape index (κ2) is 5.48. The van der Waals surface area contributed by atoms with Gasteiger partial charge in [-0.1, -0.05) is 25.1 Å². The highest BCUT2D eigenvalue weighted by Crippen LogP contribution is 2.27. The lowest BCUT2D eigenvalue weighted by molar-refractivity contribution is -0.146. The second-order valence-electron chi connectivity index (χ2n) is 5.89. The van der Waals surface area contributed by atoms with Crippen molar-refractivity contribution in [3.8, 4) is 0 Å². The van der Waals surface area contributed by atoms with E-state index in [1.54, 1.807) is 0 Å². The molecule has 1 aliphatic heterocycles. The van der Waals surface area contributed by atoms with Gasteiger partial charge in [-0.15, -0.1) is 0 Å². The van der Waals surface area contributed by atoms with Crippen molar-refractivity contribution < 1.29 is 9.53 Å². The Kier molecular flexibility index (Phi) is 3.68. The van der Waals surface area contributed by atoms with Crippen LogP contribution in [0.15, 0.2) is 24.3 Å². The van der Waals surface area contributed by atoms with E-state index in [-0.39, 0.29) is 11.9 Å². The summed E-state index contributed by atoms with van der Waals surface area (Å²) in [6, 6.07) is 8.25. The molecule has 5 nitrogen and oxygen atoms in total. The Morgan fingerprint density at radius 3 is 2.90 bits per heavy atom. The number of hydrogen-bond donors (Lipinski definition) is 0. The van der Waals surface area contributed by atoms with E-state index in [1.807, 2.05) is 23.9 Å². The molecular weight excluding hydrogens is 266 g/mol. The van der Waals surface area contributed by atoms with Crippen molar-refractivity contribution in [1.29, 1.82) is 0 Å². The first-order valence-electron chi connectivity index (χ1n) is 7.31. The first-order valence-corrected chi connectivity index (χ1v) is 7.31. The topological polar surface area (TPSA) is 47.4 Å². The summed E-state index contributed by atoms with van der Waals surface area (Å²) in [5.74, 6) is 0.202. The predicted molar refractivity (Wildman–Crippen MR) is 80.7 cm³/mol. The molecule has 1 fully saturated rings. The van der Waals surface area contributed by atoms with Crippen LogP contribution in [0.1, 0.15) is 12.6 Å². The number of aromatic nitrogens is 2. The Labute approximate surface area is 124 Å². The third-order valence-electron chi connectivity index (χ3n) is 4.40. The van der Waals surface area contributed by atoms with Crippen molar-refractivity contribution in [3.63, 3.8) is 0 Å². The molecule has 1 saturated heterocycles. The number of esters is 1. The van der Waals surface area contributed by atoms with E-state index in [9.17, 15) is 4.79 Å². The number of likely N-dealkylation sites (tertiary alicyclic amines) is 1. The molecule has 0 saturated carbocycles. The monoisotopic (exact) mass is 287 g/mol. The molecule has 0 amide bonds. The minimum absolute atomic E-state index is 0.0232. The average molecular weight is 287 g/mol. The summed E-state index contributed by atoms with van der Waals surface area (Å²) in [5.41, 5.74) is 2.22. The smallest absolute Gasteiger partial charge is 0.310 e. The molecule has 1 aromatic carbocycles. The zero-order valence-electron chi connectivity index (χ0n) is 12.7. The molecule has 0 bridgehead atoms. The van der Waals surface area contributed by atoms with Gasteiger partial charge in [0, 0.05) is 32.1 Å². The van der Waals surface area contributed by atoms with E-state index in [1.165, 1.54) is 12.5 Å². The van der Waals surface area contributed by atoms with Crippen LogP contribution in [0.2, 0.25) is 0 Å². The Bertz CT molecular complexity index is 665. The van der Waals surface area contributed by atoms with E-state index in [2.05, 4.69) is 29.1 Å². The normalized spacial score (nSPS) is 22.8. The van der Waals surface area contributed by atoms with Crippen molar-refractivity contribution in [2.75, 3.05) is 20.2 Å². The highest BCUT2D eigenvalue weighted by Gasteiger charge is 2.35. The number of carbonyl (C=O) groups excluding carboxylic acids is 1. The predicted octanol–water partition coefficient (Wildman–Crippen LogP) is 1.81. The lowest BCUT2D eigenvalue weighted by Crippen LogP contribution is -2.24. The van der Waals surface area contributed by atoms with Crippen molar-refractivity contribution in [2.45, 2.75) is 13.5 Å². The summed E-state index contributed by atoms with van der Waals surface area (Å²) in [7, 11) is 3.43. The van der Waals surface area contributed by atoms with Crippen LogP contribution in [-0.2, 0) is 23.1 Å². The molecule has 1 aromatic heterocycles. The van der Waals surface area contributed by atoms with Crippen molar-refractivity contribution in [3.05, 3.63) is 30.0 Å². The van der Waals surface area contributed by atoms with Gasteiger partial charge < -0.3 is 4.74 Å². The summed E-state index contributed by atoms with van der Waals surface area (Å²) >= 11 is 0. The summed E-state index contributed by atoms with van der Waals surface area (Å²) in [5, 5.41) is 5.82. The zero-order chi connectivity index (χ0) is 15.0. The van der Waals surface area contributed by atoms with Crippen LogP contribution in [0.5, 0.6) is 0 Å².